The van der Waals surface area contributed by atoms with E-state index in [0.717, 1.165) is 11.3 Å². The number of rotatable bonds is 4. The van der Waals surface area contributed by atoms with Crippen LogP contribution in [0.3, 0.4) is 0 Å². The van der Waals surface area contributed by atoms with Crippen molar-refractivity contribution in [1.82, 2.24) is 9.29 Å². The Morgan fingerprint density at radius 1 is 1.44 bits per heavy atom. The fourth-order valence-corrected chi connectivity index (χ4v) is 4.60. The number of amides is 1. The molecule has 25 heavy (non-hydrogen) atoms. The van der Waals surface area contributed by atoms with E-state index in [2.05, 4.69) is 10.3 Å². The van der Waals surface area contributed by atoms with Crippen LogP contribution >= 0.6 is 22.9 Å². The molecule has 1 amide bonds. The molecule has 1 fully saturated rings. The molecule has 1 aromatic carbocycles. The molecule has 0 aliphatic carbocycles. The average Bonchev–Trinajstić information content (AvgIpc) is 3.03. The molecule has 0 unspecified atom stereocenters. The quantitative estimate of drug-likeness (QED) is 0.856. The number of nitrogens with one attached hydrogen (secondary N) is 1. The van der Waals surface area contributed by atoms with Gasteiger partial charge in [-0.3, -0.25) is 4.79 Å². The van der Waals surface area contributed by atoms with E-state index in [1.165, 1.54) is 21.9 Å². The molecule has 1 N–H and O–H groups in total. The second-order valence-corrected chi connectivity index (χ2v) is 9.27. The number of nitrogens with zero attached hydrogens (tertiary/aromatic N) is 2. The van der Waals surface area contributed by atoms with Crippen molar-refractivity contribution in [3.05, 3.63) is 34.7 Å². The standard InChI is InChI=1S/C16H18ClN3O3S2/c1-25(22,23)20-7-3-5-12(9-20)15(21)19-16-18-14(10-24-16)11-4-2-6-13(17)8-11/h2,4,6,8,10,12H,3,5,7,9H2,1H3,(H,18,19,21)/t12-/m1/s1. The highest BCUT2D eigenvalue weighted by Gasteiger charge is 2.30. The maximum Gasteiger partial charge on any atom is 0.230 e. The fraction of sp³-hybridized carbons (Fsp3) is 0.375. The number of piperidine rings is 1. The van der Waals surface area contributed by atoms with Gasteiger partial charge in [0.2, 0.25) is 15.9 Å². The Kier molecular flexibility index (Phi) is 5.43. The number of halogens is 1. The van der Waals surface area contributed by atoms with Crippen molar-refractivity contribution in [2.24, 2.45) is 5.92 Å². The van der Waals surface area contributed by atoms with Gasteiger partial charge in [-0.05, 0) is 25.0 Å². The van der Waals surface area contributed by atoms with Gasteiger partial charge in [0.15, 0.2) is 5.13 Å². The number of sulfonamides is 1. The molecule has 2 aromatic rings. The van der Waals surface area contributed by atoms with E-state index in [1.54, 1.807) is 6.07 Å². The molecule has 1 saturated heterocycles. The molecule has 0 spiro atoms. The third-order valence-corrected chi connectivity index (χ3v) is 6.34. The van der Waals surface area contributed by atoms with E-state index in [4.69, 9.17) is 11.6 Å². The molecular formula is C16H18ClN3O3S2. The van der Waals surface area contributed by atoms with E-state index in [9.17, 15) is 13.2 Å². The first-order valence-corrected chi connectivity index (χ1v) is 10.9. The van der Waals surface area contributed by atoms with Gasteiger partial charge < -0.3 is 5.32 Å². The number of hydrogen-bond acceptors (Lipinski definition) is 5. The van der Waals surface area contributed by atoms with Gasteiger partial charge >= 0.3 is 0 Å². The molecule has 1 aliphatic rings. The maximum atomic E-state index is 12.5. The highest BCUT2D eigenvalue weighted by atomic mass is 35.5. The van der Waals surface area contributed by atoms with Gasteiger partial charge in [0, 0.05) is 29.1 Å². The van der Waals surface area contributed by atoms with E-state index in [-0.39, 0.29) is 18.4 Å². The van der Waals surface area contributed by atoms with Gasteiger partial charge in [0.1, 0.15) is 0 Å². The molecule has 1 aliphatic heterocycles. The van der Waals surface area contributed by atoms with Crippen LogP contribution in [0.4, 0.5) is 5.13 Å². The third kappa shape index (κ3) is 4.58. The maximum absolute atomic E-state index is 12.5. The molecule has 0 radical (unpaired) electrons. The zero-order valence-corrected chi connectivity index (χ0v) is 16.0. The number of benzene rings is 1. The molecule has 9 heteroatoms. The molecule has 6 nitrogen and oxygen atoms in total. The van der Waals surface area contributed by atoms with Crippen LogP contribution in [0.5, 0.6) is 0 Å². The smallest absolute Gasteiger partial charge is 0.230 e. The van der Waals surface area contributed by atoms with E-state index < -0.39 is 10.0 Å². The number of carbonyl (C=O) groups is 1. The summed E-state index contributed by atoms with van der Waals surface area (Å²) in [6.07, 6.45) is 2.52. The van der Waals surface area contributed by atoms with Crippen molar-refractivity contribution in [2.45, 2.75) is 12.8 Å². The second kappa shape index (κ2) is 7.41. The van der Waals surface area contributed by atoms with E-state index in [1.807, 2.05) is 23.6 Å². The topological polar surface area (TPSA) is 79.4 Å². The molecule has 1 atom stereocenters. The Morgan fingerprint density at radius 3 is 2.96 bits per heavy atom. The summed E-state index contributed by atoms with van der Waals surface area (Å²) >= 11 is 7.32. The molecule has 1 aromatic heterocycles. The minimum Gasteiger partial charge on any atom is -0.302 e. The summed E-state index contributed by atoms with van der Waals surface area (Å²) in [7, 11) is -3.27. The van der Waals surface area contributed by atoms with Crippen molar-refractivity contribution in [3.8, 4) is 11.3 Å². The molecule has 0 saturated carbocycles. The predicted octanol–water partition coefficient (Wildman–Crippen LogP) is 3.07. The number of anilines is 1. The normalized spacial score (nSPS) is 18.9. The Hall–Kier alpha value is -1.48. The minimum atomic E-state index is -3.27. The number of aromatic nitrogens is 1. The summed E-state index contributed by atoms with van der Waals surface area (Å²) < 4.78 is 24.7. The first kappa shape index (κ1) is 18.3. The van der Waals surface area contributed by atoms with Crippen LogP contribution in [-0.2, 0) is 14.8 Å². The monoisotopic (exact) mass is 399 g/mol. The van der Waals surface area contributed by atoms with Crippen molar-refractivity contribution in [3.63, 3.8) is 0 Å². The SMILES string of the molecule is CS(=O)(=O)N1CCC[C@@H](C(=O)Nc2nc(-c3cccc(Cl)c3)cs2)C1. The summed E-state index contributed by atoms with van der Waals surface area (Å²) in [5.74, 6) is -0.553. The van der Waals surface area contributed by atoms with Gasteiger partial charge in [-0.25, -0.2) is 17.7 Å². The van der Waals surface area contributed by atoms with Crippen LogP contribution in [0.25, 0.3) is 11.3 Å². The average molecular weight is 400 g/mol. The van der Waals surface area contributed by atoms with Crippen LogP contribution in [0.15, 0.2) is 29.6 Å². The Labute approximate surface area is 155 Å². The van der Waals surface area contributed by atoms with Gasteiger partial charge in [-0.15, -0.1) is 11.3 Å². The summed E-state index contributed by atoms with van der Waals surface area (Å²) in [5, 5.41) is 5.78. The molecule has 2 heterocycles. The molecule has 134 valence electrons. The van der Waals surface area contributed by atoms with Gasteiger partial charge in [-0.2, -0.15) is 0 Å². The first-order valence-electron chi connectivity index (χ1n) is 7.80. The van der Waals surface area contributed by atoms with Crippen molar-refractivity contribution in [1.29, 1.82) is 0 Å². The van der Waals surface area contributed by atoms with Crippen molar-refractivity contribution < 1.29 is 13.2 Å². The van der Waals surface area contributed by atoms with Crippen LogP contribution < -0.4 is 5.32 Å². The second-order valence-electron chi connectivity index (χ2n) is 6.00. The molecular weight excluding hydrogens is 382 g/mol. The molecule has 0 bridgehead atoms. The predicted molar refractivity (Wildman–Crippen MR) is 100 cm³/mol. The lowest BCUT2D eigenvalue weighted by molar-refractivity contribution is -0.120. The summed E-state index contributed by atoms with van der Waals surface area (Å²) in [6.45, 7) is 0.690. The van der Waals surface area contributed by atoms with Gasteiger partial charge in [-0.1, -0.05) is 23.7 Å². The third-order valence-electron chi connectivity index (χ3n) is 4.08. The number of carbonyl (C=O) groups excluding carboxylic acids is 1. The van der Waals surface area contributed by atoms with E-state index >= 15 is 0 Å². The zero-order chi connectivity index (χ0) is 18.0. The van der Waals surface area contributed by atoms with Crippen LogP contribution in [-0.4, -0.2) is 43.0 Å². The first-order chi connectivity index (χ1) is 11.8. The van der Waals surface area contributed by atoms with Crippen LogP contribution in [0, 0.1) is 5.92 Å². The minimum absolute atomic E-state index is 0.194. The van der Waals surface area contributed by atoms with Crippen molar-refractivity contribution >= 4 is 44.0 Å². The summed E-state index contributed by atoms with van der Waals surface area (Å²) in [6, 6.07) is 7.35. The largest absolute Gasteiger partial charge is 0.302 e. The van der Waals surface area contributed by atoms with Gasteiger partial charge in [0.25, 0.3) is 0 Å². The Morgan fingerprint density at radius 2 is 2.24 bits per heavy atom. The Balaban J connectivity index is 1.67. The van der Waals surface area contributed by atoms with Crippen LogP contribution in [0.2, 0.25) is 5.02 Å². The highest BCUT2D eigenvalue weighted by Crippen LogP contribution is 2.28. The summed E-state index contributed by atoms with van der Waals surface area (Å²) in [5.41, 5.74) is 1.62. The summed E-state index contributed by atoms with van der Waals surface area (Å²) in [4.78, 5) is 16.9. The highest BCUT2D eigenvalue weighted by molar-refractivity contribution is 7.88. The lowest BCUT2D eigenvalue weighted by atomic mass is 9.99. The van der Waals surface area contributed by atoms with E-state index in [0.29, 0.717) is 29.5 Å². The van der Waals surface area contributed by atoms with Crippen molar-refractivity contribution in [2.75, 3.05) is 24.7 Å². The zero-order valence-electron chi connectivity index (χ0n) is 13.6. The molecule has 3 rings (SSSR count). The lowest BCUT2D eigenvalue weighted by Crippen LogP contribution is -2.43. The van der Waals surface area contributed by atoms with Gasteiger partial charge in [0.05, 0.1) is 17.9 Å². The fourth-order valence-electron chi connectivity index (χ4n) is 2.78. The number of thiazole rings is 1. The lowest BCUT2D eigenvalue weighted by Gasteiger charge is -2.29. The van der Waals surface area contributed by atoms with Crippen LogP contribution in [0.1, 0.15) is 12.8 Å². The number of hydrogen-bond donors (Lipinski definition) is 1. The Bertz CT molecular complexity index is 882.